The molecule has 0 bridgehead atoms. The lowest BCUT2D eigenvalue weighted by molar-refractivity contribution is -0.265. The Kier molecular flexibility index (Phi) is 6.60. The van der Waals surface area contributed by atoms with Crippen LogP contribution >= 0.6 is 0 Å². The minimum Gasteiger partial charge on any atom is -0.463 e. The van der Waals surface area contributed by atoms with E-state index in [-0.39, 0.29) is 13.2 Å². The minimum absolute atomic E-state index is 0.221. The summed E-state index contributed by atoms with van der Waals surface area (Å²) in [5.74, 6) is -1.81. The van der Waals surface area contributed by atoms with Crippen molar-refractivity contribution in [2.45, 2.75) is 58.7 Å². The van der Waals surface area contributed by atoms with Crippen molar-refractivity contribution in [3.05, 3.63) is 0 Å². The van der Waals surface area contributed by atoms with E-state index in [2.05, 4.69) is 0 Å². The molecule has 0 radical (unpaired) electrons. The van der Waals surface area contributed by atoms with Crippen LogP contribution in [-0.2, 0) is 38.1 Å². The molecule has 0 unspecified atom stereocenters. The molecule has 0 aliphatic carbocycles. The van der Waals surface area contributed by atoms with E-state index < -0.39 is 48.9 Å². The summed E-state index contributed by atoms with van der Waals surface area (Å²) >= 11 is 0. The Bertz CT molecular complexity index is 440. The number of hydrogen-bond donors (Lipinski definition) is 0. The second kappa shape index (κ2) is 8.70. The van der Waals surface area contributed by atoms with Crippen LogP contribution in [0.4, 0.5) is 0 Å². The molecule has 22 heavy (non-hydrogen) atoms. The van der Waals surface area contributed by atoms with Gasteiger partial charge in [0, 0.05) is 35.1 Å². The number of carbonyl (C=O) groups excluding carboxylic acids is 3. The summed E-state index contributed by atoms with van der Waals surface area (Å²) in [6, 6.07) is 0. The molecule has 1 rings (SSSR count). The first-order chi connectivity index (χ1) is 10.8. The van der Waals surface area contributed by atoms with Crippen LogP contribution < -0.4 is 0 Å². The third kappa shape index (κ3) is 5.98. The Balaban J connectivity index is 3.02. The Morgan fingerprint density at radius 1 is 1.14 bits per heavy atom. The molecule has 0 N–H and O–H groups in total. The maximum absolute atomic E-state index is 11.3. The first kappa shape index (κ1) is 16.7. The molecule has 1 aliphatic rings. The number of hydrogen-bond acceptors (Lipinski definition) is 8. The Labute approximate surface area is 130 Å². The summed E-state index contributed by atoms with van der Waals surface area (Å²) in [4.78, 5) is 33.6. The monoisotopic (exact) mass is 319 g/mol. The van der Waals surface area contributed by atoms with Gasteiger partial charge in [-0.3, -0.25) is 14.4 Å². The molecule has 5 atom stereocenters. The third-order valence-electron chi connectivity index (χ3n) is 2.73. The molecule has 0 amide bonds. The Morgan fingerprint density at radius 3 is 2.27 bits per heavy atom. The number of ether oxygens (including phenoxy) is 5. The van der Waals surface area contributed by atoms with Crippen molar-refractivity contribution in [3.8, 4) is 0 Å². The summed E-state index contributed by atoms with van der Waals surface area (Å²) < 4.78 is 34.2. The van der Waals surface area contributed by atoms with Crippen molar-refractivity contribution >= 4 is 17.9 Å². The van der Waals surface area contributed by atoms with E-state index in [1.54, 1.807) is 6.92 Å². The summed E-state index contributed by atoms with van der Waals surface area (Å²) in [5, 5.41) is 0. The zero-order valence-electron chi connectivity index (χ0n) is 14.1. The van der Waals surface area contributed by atoms with E-state index in [1.807, 2.05) is 0 Å². The Hall–Kier alpha value is -1.67. The number of esters is 3. The van der Waals surface area contributed by atoms with Crippen molar-refractivity contribution in [1.29, 1.82) is 0 Å². The smallest absolute Gasteiger partial charge is 0.303 e. The van der Waals surface area contributed by atoms with Gasteiger partial charge in [-0.15, -0.1) is 0 Å². The van der Waals surface area contributed by atoms with E-state index in [0.717, 1.165) is 0 Å². The molecule has 1 fully saturated rings. The highest BCUT2D eigenvalue weighted by Gasteiger charge is 2.43. The van der Waals surface area contributed by atoms with Gasteiger partial charge >= 0.3 is 17.9 Å². The van der Waals surface area contributed by atoms with Gasteiger partial charge in [-0.25, -0.2) is 0 Å². The van der Waals surface area contributed by atoms with Gasteiger partial charge in [0.2, 0.25) is 0 Å². The molecule has 1 heterocycles. The van der Waals surface area contributed by atoms with Crippen LogP contribution in [0.1, 0.15) is 35.5 Å². The maximum atomic E-state index is 11.3. The van der Waals surface area contributed by atoms with Crippen LogP contribution in [0.25, 0.3) is 0 Å². The second-order valence-corrected chi connectivity index (χ2v) is 4.64. The standard InChI is InChI=1S/C14H22O8/c1-5-18-13-6-11(20-9(3)16)14(21-10(4)17)12(22-13)7-19-8(2)15/h11-14H,5-7H2,1-4H3/t11-,12-,13+,14+/m1/s1/i6D/t6-,11+,12+,13-,14-/m0. The summed E-state index contributed by atoms with van der Waals surface area (Å²) in [5.41, 5.74) is 0. The first-order valence-corrected chi connectivity index (χ1v) is 6.93. The van der Waals surface area contributed by atoms with Crippen LogP contribution in [0, 0.1) is 0 Å². The predicted molar refractivity (Wildman–Crippen MR) is 72.6 cm³/mol. The molecular weight excluding hydrogens is 296 g/mol. The highest BCUT2D eigenvalue weighted by molar-refractivity contribution is 5.67. The third-order valence-corrected chi connectivity index (χ3v) is 2.73. The zero-order chi connectivity index (χ0) is 17.6. The van der Waals surface area contributed by atoms with Crippen LogP contribution in [0.15, 0.2) is 0 Å². The molecule has 8 nitrogen and oxygen atoms in total. The average molecular weight is 319 g/mol. The lowest BCUT2D eigenvalue weighted by Gasteiger charge is -2.39. The van der Waals surface area contributed by atoms with Crippen LogP contribution in [0.2, 0.25) is 0 Å². The molecular formula is C14H22O8. The van der Waals surface area contributed by atoms with Gasteiger partial charge in [0.1, 0.15) is 18.8 Å². The molecule has 126 valence electrons. The van der Waals surface area contributed by atoms with Crippen LogP contribution in [0.5, 0.6) is 0 Å². The minimum atomic E-state index is -1.11. The lowest BCUT2D eigenvalue weighted by atomic mass is 10.0. The SMILES string of the molecule is [2H][C@@H]1[C@@H](OCC)O[C@H](COC(C)=O)[C@@H](OC(C)=O)[C@@H]1OC(C)=O. The molecule has 1 aliphatic heterocycles. The molecule has 0 spiro atoms. The predicted octanol–water partition coefficient (Wildman–Crippen LogP) is 0.564. The van der Waals surface area contributed by atoms with Crippen LogP contribution in [-0.4, -0.2) is 55.7 Å². The largest absolute Gasteiger partial charge is 0.463 e. The fourth-order valence-electron chi connectivity index (χ4n) is 2.00. The summed E-state index contributed by atoms with van der Waals surface area (Å²) in [7, 11) is 0. The summed E-state index contributed by atoms with van der Waals surface area (Å²) in [6.45, 7) is 5.36. The van der Waals surface area contributed by atoms with E-state index in [1.165, 1.54) is 20.8 Å². The molecule has 0 aromatic rings. The van der Waals surface area contributed by atoms with Crippen molar-refractivity contribution in [1.82, 2.24) is 0 Å². The average Bonchev–Trinajstić information content (AvgIpc) is 2.43. The lowest BCUT2D eigenvalue weighted by Crippen LogP contribution is -2.54. The highest BCUT2D eigenvalue weighted by atomic mass is 16.7. The molecule has 0 aromatic heterocycles. The van der Waals surface area contributed by atoms with E-state index in [0.29, 0.717) is 0 Å². The fourth-order valence-corrected chi connectivity index (χ4v) is 2.00. The van der Waals surface area contributed by atoms with E-state index in [9.17, 15) is 14.4 Å². The van der Waals surface area contributed by atoms with Gasteiger partial charge in [-0.05, 0) is 6.92 Å². The highest BCUT2D eigenvalue weighted by Crippen LogP contribution is 2.26. The van der Waals surface area contributed by atoms with Gasteiger partial charge in [-0.1, -0.05) is 0 Å². The van der Waals surface area contributed by atoms with Gasteiger partial charge in [0.15, 0.2) is 12.4 Å². The molecule has 0 aromatic carbocycles. The molecule has 1 saturated heterocycles. The van der Waals surface area contributed by atoms with Crippen molar-refractivity contribution in [2.24, 2.45) is 0 Å². The topological polar surface area (TPSA) is 97.4 Å². The fraction of sp³-hybridized carbons (Fsp3) is 0.786. The van der Waals surface area contributed by atoms with Gasteiger partial charge in [0.05, 0.1) is 0 Å². The van der Waals surface area contributed by atoms with Crippen molar-refractivity contribution in [2.75, 3.05) is 13.2 Å². The quantitative estimate of drug-likeness (QED) is 0.517. The van der Waals surface area contributed by atoms with Gasteiger partial charge < -0.3 is 23.7 Å². The number of rotatable bonds is 6. The maximum Gasteiger partial charge on any atom is 0.303 e. The van der Waals surface area contributed by atoms with E-state index >= 15 is 0 Å². The number of carbonyl (C=O) groups is 3. The molecule has 8 heteroatoms. The first-order valence-electron chi connectivity index (χ1n) is 7.51. The summed E-state index contributed by atoms with van der Waals surface area (Å²) in [6.07, 6.45) is -5.20. The van der Waals surface area contributed by atoms with Gasteiger partial charge in [0.25, 0.3) is 0 Å². The van der Waals surface area contributed by atoms with Crippen LogP contribution in [0.3, 0.4) is 0 Å². The van der Waals surface area contributed by atoms with Crippen molar-refractivity contribution < 1.29 is 39.4 Å². The van der Waals surface area contributed by atoms with Crippen molar-refractivity contribution in [3.63, 3.8) is 0 Å². The normalized spacial score (nSPS) is 31.8. The molecule has 0 saturated carbocycles. The van der Waals surface area contributed by atoms with Gasteiger partial charge in [-0.2, -0.15) is 0 Å². The van der Waals surface area contributed by atoms with E-state index in [4.69, 9.17) is 25.1 Å². The second-order valence-electron chi connectivity index (χ2n) is 4.64. The Morgan fingerprint density at radius 2 is 1.77 bits per heavy atom. The zero-order valence-corrected chi connectivity index (χ0v) is 13.1.